The maximum atomic E-state index is 6.07. The Balaban J connectivity index is 1.76. The van der Waals surface area contributed by atoms with Crippen LogP contribution in [0.5, 0.6) is 0 Å². The Hall–Kier alpha value is -0.250. The van der Waals surface area contributed by atoms with E-state index in [4.69, 9.17) is 11.6 Å². The second kappa shape index (κ2) is 6.25. The van der Waals surface area contributed by atoms with Crippen LogP contribution in [-0.4, -0.2) is 24.7 Å². The van der Waals surface area contributed by atoms with Crippen molar-refractivity contribution in [3.05, 3.63) is 27.7 Å². The average Bonchev–Trinajstić information content (AvgIpc) is 2.68. The van der Waals surface area contributed by atoms with Crippen molar-refractivity contribution in [1.82, 2.24) is 5.32 Å². The monoisotopic (exact) mass is 356 g/mol. The fourth-order valence-electron chi connectivity index (χ4n) is 3.78. The molecule has 2 bridgehead atoms. The Morgan fingerprint density at radius 3 is 2.60 bits per heavy atom. The van der Waals surface area contributed by atoms with Gasteiger partial charge in [0.05, 0.1) is 5.69 Å². The maximum Gasteiger partial charge on any atom is 0.0516 e. The molecule has 0 amide bonds. The quantitative estimate of drug-likeness (QED) is 0.847. The maximum absolute atomic E-state index is 6.07. The van der Waals surface area contributed by atoms with Crippen molar-refractivity contribution in [2.24, 2.45) is 0 Å². The van der Waals surface area contributed by atoms with Gasteiger partial charge in [-0.15, -0.1) is 0 Å². The predicted molar refractivity (Wildman–Crippen MR) is 89.8 cm³/mol. The normalized spacial score (nSPS) is 28.9. The molecule has 2 saturated heterocycles. The van der Waals surface area contributed by atoms with Crippen LogP contribution >= 0.6 is 27.5 Å². The first-order valence-corrected chi connectivity index (χ1v) is 8.83. The third-order valence-corrected chi connectivity index (χ3v) is 5.47. The van der Waals surface area contributed by atoms with Crippen molar-refractivity contribution in [2.45, 2.75) is 57.2 Å². The van der Waals surface area contributed by atoms with Crippen LogP contribution in [0.25, 0.3) is 0 Å². The smallest absolute Gasteiger partial charge is 0.0516 e. The molecular weight excluding hydrogens is 336 g/mol. The van der Waals surface area contributed by atoms with Gasteiger partial charge >= 0.3 is 0 Å². The highest BCUT2D eigenvalue weighted by atomic mass is 79.9. The molecule has 1 aromatic carbocycles. The third-order valence-electron chi connectivity index (χ3n) is 4.60. The zero-order valence-electron chi connectivity index (χ0n) is 11.9. The van der Waals surface area contributed by atoms with Gasteiger partial charge in [0.1, 0.15) is 0 Å². The number of rotatable bonds is 4. The summed E-state index contributed by atoms with van der Waals surface area (Å²) in [4.78, 5) is 2.63. The first-order chi connectivity index (χ1) is 9.69. The molecule has 1 N–H and O–H groups in total. The van der Waals surface area contributed by atoms with E-state index in [-0.39, 0.29) is 0 Å². The largest absolute Gasteiger partial charge is 0.365 e. The van der Waals surface area contributed by atoms with Gasteiger partial charge in [0.2, 0.25) is 0 Å². The summed E-state index contributed by atoms with van der Waals surface area (Å²) in [6.07, 6.45) is 6.41. The second-order valence-electron chi connectivity index (χ2n) is 6.01. The van der Waals surface area contributed by atoms with Crippen molar-refractivity contribution in [1.29, 1.82) is 0 Å². The van der Waals surface area contributed by atoms with Crippen molar-refractivity contribution in [2.75, 3.05) is 11.4 Å². The summed E-state index contributed by atoms with van der Waals surface area (Å²) >= 11 is 9.75. The molecule has 0 saturated carbocycles. The minimum Gasteiger partial charge on any atom is -0.365 e. The molecule has 2 heterocycles. The van der Waals surface area contributed by atoms with Crippen LogP contribution in [0.15, 0.2) is 22.7 Å². The average molecular weight is 358 g/mol. The molecule has 0 aliphatic carbocycles. The molecule has 2 aliphatic rings. The summed E-state index contributed by atoms with van der Waals surface area (Å²) in [5, 5.41) is 4.51. The zero-order valence-corrected chi connectivity index (χ0v) is 14.3. The van der Waals surface area contributed by atoms with Gasteiger partial charge in [0, 0.05) is 27.6 Å². The number of benzene rings is 1. The number of fused-ring (bicyclic) bond motifs is 2. The van der Waals surface area contributed by atoms with E-state index >= 15 is 0 Å². The van der Waals surface area contributed by atoms with Gasteiger partial charge in [-0.25, -0.2) is 0 Å². The third kappa shape index (κ3) is 2.86. The lowest BCUT2D eigenvalue weighted by Gasteiger charge is -2.41. The molecule has 110 valence electrons. The van der Waals surface area contributed by atoms with Crippen molar-refractivity contribution in [3.8, 4) is 0 Å². The van der Waals surface area contributed by atoms with Crippen LogP contribution in [0.4, 0.5) is 5.69 Å². The molecule has 0 aromatic heterocycles. The van der Waals surface area contributed by atoms with Crippen molar-refractivity contribution in [3.63, 3.8) is 0 Å². The molecule has 2 nitrogen and oxygen atoms in total. The first-order valence-electron chi connectivity index (χ1n) is 7.65. The number of hydrogen-bond donors (Lipinski definition) is 1. The van der Waals surface area contributed by atoms with Crippen molar-refractivity contribution < 1.29 is 0 Å². The van der Waals surface area contributed by atoms with E-state index in [1.54, 1.807) is 0 Å². The Labute approximate surface area is 135 Å². The van der Waals surface area contributed by atoms with Crippen LogP contribution in [0.1, 0.15) is 39.0 Å². The molecule has 20 heavy (non-hydrogen) atoms. The molecule has 1 aromatic rings. The Morgan fingerprint density at radius 1 is 1.30 bits per heavy atom. The fourth-order valence-corrected chi connectivity index (χ4v) is 4.66. The highest BCUT2D eigenvalue weighted by Gasteiger charge is 2.41. The van der Waals surface area contributed by atoms with Crippen LogP contribution in [0, 0.1) is 0 Å². The topological polar surface area (TPSA) is 15.3 Å². The van der Waals surface area contributed by atoms with Crippen LogP contribution < -0.4 is 10.2 Å². The summed E-state index contributed by atoms with van der Waals surface area (Å²) in [5.41, 5.74) is 1.32. The lowest BCUT2D eigenvalue weighted by Crippen LogP contribution is -2.49. The van der Waals surface area contributed by atoms with Gasteiger partial charge in [0.15, 0.2) is 0 Å². The Morgan fingerprint density at radius 2 is 2.00 bits per heavy atom. The number of halogens is 2. The number of piperidine rings is 1. The number of nitrogens with one attached hydrogen (secondary N) is 1. The molecule has 0 spiro atoms. The van der Waals surface area contributed by atoms with Crippen LogP contribution in [-0.2, 0) is 0 Å². The van der Waals surface area contributed by atoms with Crippen LogP contribution in [0.3, 0.4) is 0 Å². The molecule has 2 atom stereocenters. The first kappa shape index (κ1) is 14.7. The highest BCUT2D eigenvalue weighted by molar-refractivity contribution is 9.10. The lowest BCUT2D eigenvalue weighted by atomic mass is 9.96. The molecule has 2 fully saturated rings. The second-order valence-corrected chi connectivity index (χ2v) is 7.30. The van der Waals surface area contributed by atoms with E-state index in [9.17, 15) is 0 Å². The van der Waals surface area contributed by atoms with E-state index in [1.807, 2.05) is 12.1 Å². The van der Waals surface area contributed by atoms with Crippen molar-refractivity contribution >= 4 is 33.2 Å². The summed E-state index contributed by atoms with van der Waals surface area (Å²) in [6.45, 7) is 3.39. The summed E-state index contributed by atoms with van der Waals surface area (Å²) in [5.74, 6) is 0. The fraction of sp³-hybridized carbons (Fsp3) is 0.625. The summed E-state index contributed by atoms with van der Waals surface area (Å²) in [6, 6.07) is 8.24. The molecule has 3 rings (SSSR count). The highest BCUT2D eigenvalue weighted by Crippen LogP contribution is 2.42. The van der Waals surface area contributed by atoms with Gasteiger partial charge in [-0.1, -0.05) is 18.5 Å². The Bertz CT molecular complexity index is 466. The molecule has 4 heteroatoms. The summed E-state index contributed by atoms with van der Waals surface area (Å²) in [7, 11) is 0. The van der Waals surface area contributed by atoms with E-state index in [0.29, 0.717) is 18.1 Å². The van der Waals surface area contributed by atoms with Gasteiger partial charge in [-0.05, 0) is 72.8 Å². The van der Waals surface area contributed by atoms with E-state index in [1.165, 1.54) is 37.8 Å². The van der Waals surface area contributed by atoms with Gasteiger partial charge < -0.3 is 10.2 Å². The summed E-state index contributed by atoms with van der Waals surface area (Å²) < 4.78 is 1.13. The molecule has 0 radical (unpaired) electrons. The number of hydrogen-bond acceptors (Lipinski definition) is 2. The molecule has 2 aliphatic heterocycles. The lowest BCUT2D eigenvalue weighted by molar-refractivity contribution is 0.356. The van der Waals surface area contributed by atoms with Crippen LogP contribution in [0.2, 0.25) is 5.02 Å². The molecule has 2 unspecified atom stereocenters. The number of nitrogens with zero attached hydrogens (tertiary/aromatic N) is 1. The van der Waals surface area contributed by atoms with E-state index in [2.05, 4.69) is 39.1 Å². The Kier molecular flexibility index (Phi) is 4.58. The van der Waals surface area contributed by atoms with E-state index in [0.717, 1.165) is 16.0 Å². The minimum absolute atomic E-state index is 0.681. The minimum atomic E-state index is 0.681. The van der Waals surface area contributed by atoms with E-state index < -0.39 is 0 Å². The van der Waals surface area contributed by atoms with Gasteiger partial charge in [-0.3, -0.25) is 0 Å². The van der Waals surface area contributed by atoms with Gasteiger partial charge in [-0.2, -0.15) is 0 Å². The standard InChI is InChI=1S/C16H22BrClN2/c1-2-7-19-12-9-13-4-5-14(10-12)20(13)16-6-3-11(18)8-15(16)17/h3,6,8,12-14,19H,2,4-5,7,9-10H2,1H3. The number of anilines is 1. The van der Waals surface area contributed by atoms with Gasteiger partial charge in [0.25, 0.3) is 0 Å². The molecular formula is C16H22BrClN2. The zero-order chi connectivity index (χ0) is 14.1. The predicted octanol–water partition coefficient (Wildman–Crippen LogP) is 4.60. The SMILES string of the molecule is CCCNC1CC2CCC(C1)N2c1ccc(Cl)cc1Br.